The van der Waals surface area contributed by atoms with Crippen molar-refractivity contribution in [1.82, 2.24) is 14.8 Å². The van der Waals surface area contributed by atoms with Crippen molar-refractivity contribution in [1.29, 1.82) is 0 Å². The molecular weight excluding hydrogens is 358 g/mol. The highest BCUT2D eigenvalue weighted by molar-refractivity contribution is 7.99. The van der Waals surface area contributed by atoms with Crippen molar-refractivity contribution in [2.45, 2.75) is 17.9 Å². The van der Waals surface area contributed by atoms with E-state index in [1.165, 1.54) is 11.8 Å². The molecule has 0 spiro atoms. The van der Waals surface area contributed by atoms with Crippen molar-refractivity contribution in [2.24, 2.45) is 0 Å². The Morgan fingerprint density at radius 2 is 1.88 bits per heavy atom. The average molecular weight is 376 g/mol. The first-order valence-corrected chi connectivity index (χ1v) is 9.17. The van der Waals surface area contributed by atoms with E-state index in [2.05, 4.69) is 10.2 Å². The molecule has 0 saturated carbocycles. The lowest BCUT2D eigenvalue weighted by Crippen LogP contribution is -2.18. The highest BCUT2D eigenvalue weighted by Crippen LogP contribution is 2.20. The fourth-order valence-corrected chi connectivity index (χ4v) is 3.16. The van der Waals surface area contributed by atoms with Gasteiger partial charge in [-0.1, -0.05) is 53.7 Å². The van der Waals surface area contributed by atoms with Gasteiger partial charge in [0.1, 0.15) is 6.33 Å². The largest absolute Gasteiger partial charge is 0.390 e. The predicted octanol–water partition coefficient (Wildman–Crippen LogP) is 3.59. The maximum absolute atomic E-state index is 10.1. The molecule has 5 nitrogen and oxygen atoms in total. The molecule has 1 aromatic heterocycles. The van der Waals surface area contributed by atoms with Crippen molar-refractivity contribution in [3.8, 4) is 5.69 Å². The lowest BCUT2D eigenvalue weighted by molar-refractivity contribution is 0.0398. The molecule has 7 heteroatoms. The molecule has 1 atom stereocenters. The third kappa shape index (κ3) is 5.31. The van der Waals surface area contributed by atoms with Gasteiger partial charge in [-0.15, -0.1) is 10.2 Å². The summed E-state index contributed by atoms with van der Waals surface area (Å²) < 4.78 is 7.45. The maximum Gasteiger partial charge on any atom is 0.195 e. The van der Waals surface area contributed by atoms with Crippen LogP contribution in [-0.2, 0) is 11.3 Å². The van der Waals surface area contributed by atoms with Crippen LogP contribution >= 0.6 is 23.4 Å². The first kappa shape index (κ1) is 17.9. The fourth-order valence-electron chi connectivity index (χ4n) is 2.20. The van der Waals surface area contributed by atoms with Crippen LogP contribution in [0.3, 0.4) is 0 Å². The van der Waals surface area contributed by atoms with Crippen LogP contribution in [-0.4, -0.2) is 38.3 Å². The topological polar surface area (TPSA) is 60.2 Å². The molecule has 0 aliphatic carbocycles. The van der Waals surface area contributed by atoms with Crippen molar-refractivity contribution < 1.29 is 9.84 Å². The Balaban J connectivity index is 1.46. The van der Waals surface area contributed by atoms with E-state index >= 15 is 0 Å². The molecular formula is C18H18ClN3O2S. The highest BCUT2D eigenvalue weighted by Gasteiger charge is 2.11. The van der Waals surface area contributed by atoms with Gasteiger partial charge in [-0.3, -0.25) is 4.57 Å². The number of thioether (sulfide) groups is 1. The number of rotatable bonds is 8. The Hall–Kier alpha value is -1.86. The van der Waals surface area contributed by atoms with Crippen molar-refractivity contribution in [3.05, 3.63) is 71.5 Å². The van der Waals surface area contributed by atoms with Gasteiger partial charge in [0.2, 0.25) is 0 Å². The van der Waals surface area contributed by atoms with E-state index < -0.39 is 6.10 Å². The van der Waals surface area contributed by atoms with Crippen LogP contribution in [0.4, 0.5) is 0 Å². The van der Waals surface area contributed by atoms with Gasteiger partial charge in [-0.25, -0.2) is 0 Å². The zero-order valence-corrected chi connectivity index (χ0v) is 15.0. The molecule has 3 rings (SSSR count). The Labute approximate surface area is 155 Å². The fraction of sp³-hybridized carbons (Fsp3) is 0.222. The summed E-state index contributed by atoms with van der Waals surface area (Å²) in [4.78, 5) is 0. The molecule has 0 aliphatic rings. The molecule has 0 fully saturated rings. The Morgan fingerprint density at radius 1 is 1.12 bits per heavy atom. The summed E-state index contributed by atoms with van der Waals surface area (Å²) in [7, 11) is 0. The lowest BCUT2D eigenvalue weighted by atomic mass is 10.2. The summed E-state index contributed by atoms with van der Waals surface area (Å²) in [6.07, 6.45) is 1.08. The van der Waals surface area contributed by atoms with Gasteiger partial charge in [0.05, 0.1) is 19.3 Å². The smallest absolute Gasteiger partial charge is 0.195 e. The molecule has 25 heavy (non-hydrogen) atoms. The van der Waals surface area contributed by atoms with Crippen LogP contribution in [0.5, 0.6) is 0 Å². The minimum Gasteiger partial charge on any atom is -0.390 e. The van der Waals surface area contributed by atoms with Crippen molar-refractivity contribution in [2.75, 3.05) is 12.4 Å². The van der Waals surface area contributed by atoms with Crippen LogP contribution in [0.25, 0.3) is 5.69 Å². The summed E-state index contributed by atoms with van der Waals surface area (Å²) in [6.45, 7) is 0.703. The van der Waals surface area contributed by atoms with E-state index in [0.717, 1.165) is 16.4 Å². The molecule has 3 aromatic rings. The minimum absolute atomic E-state index is 0.259. The Morgan fingerprint density at radius 3 is 2.64 bits per heavy atom. The van der Waals surface area contributed by atoms with E-state index in [1.807, 2.05) is 59.2 Å². The second-order valence-corrected chi connectivity index (χ2v) is 6.85. The number of hydrogen-bond donors (Lipinski definition) is 1. The SMILES string of the molecule is OC(COCc1ccc(Cl)cc1)CSc1nncn1-c1ccccc1. The van der Waals surface area contributed by atoms with Gasteiger partial charge in [0, 0.05) is 16.5 Å². The van der Waals surface area contributed by atoms with Crippen molar-refractivity contribution >= 4 is 23.4 Å². The van der Waals surface area contributed by atoms with Crippen LogP contribution in [0.15, 0.2) is 66.1 Å². The van der Waals surface area contributed by atoms with Gasteiger partial charge >= 0.3 is 0 Å². The first-order chi connectivity index (χ1) is 12.2. The normalized spacial score (nSPS) is 12.2. The van der Waals surface area contributed by atoms with Gasteiger partial charge in [-0.2, -0.15) is 0 Å². The van der Waals surface area contributed by atoms with Gasteiger partial charge in [0.15, 0.2) is 5.16 Å². The van der Waals surface area contributed by atoms with Gasteiger partial charge in [-0.05, 0) is 29.8 Å². The molecule has 1 unspecified atom stereocenters. The second-order valence-electron chi connectivity index (χ2n) is 5.43. The standard InChI is InChI=1S/C18H18ClN3O2S/c19-15-8-6-14(7-9-15)10-24-11-17(23)12-25-18-21-20-13-22(18)16-4-2-1-3-5-16/h1-9,13,17,23H,10-12H2. The predicted molar refractivity (Wildman–Crippen MR) is 99.2 cm³/mol. The maximum atomic E-state index is 10.1. The number of hydrogen-bond acceptors (Lipinski definition) is 5. The second kappa shape index (κ2) is 9.01. The minimum atomic E-state index is -0.585. The van der Waals surface area contributed by atoms with E-state index in [9.17, 15) is 5.11 Å². The Kier molecular flexibility index (Phi) is 6.47. The van der Waals surface area contributed by atoms with Gasteiger partial charge < -0.3 is 9.84 Å². The number of aliphatic hydroxyl groups excluding tert-OH is 1. The molecule has 0 radical (unpaired) electrons. The van der Waals surface area contributed by atoms with Crippen LogP contribution in [0, 0.1) is 0 Å². The number of halogens is 1. The first-order valence-electron chi connectivity index (χ1n) is 7.81. The summed E-state index contributed by atoms with van der Waals surface area (Å²) in [5.74, 6) is 0.478. The number of benzene rings is 2. The third-order valence-electron chi connectivity index (χ3n) is 3.45. The van der Waals surface area contributed by atoms with Crippen LogP contribution in [0.1, 0.15) is 5.56 Å². The summed E-state index contributed by atoms with van der Waals surface area (Å²) in [6, 6.07) is 17.3. The third-order valence-corrected chi connectivity index (χ3v) is 4.79. The van der Waals surface area contributed by atoms with Crippen LogP contribution < -0.4 is 0 Å². The average Bonchev–Trinajstić information content (AvgIpc) is 3.11. The highest BCUT2D eigenvalue weighted by atomic mass is 35.5. The summed E-state index contributed by atoms with van der Waals surface area (Å²) >= 11 is 7.29. The molecule has 1 N–H and O–H groups in total. The van der Waals surface area contributed by atoms with Crippen LogP contribution in [0.2, 0.25) is 5.02 Å². The van der Waals surface area contributed by atoms with E-state index in [-0.39, 0.29) is 6.61 Å². The Bertz CT molecular complexity index is 781. The number of aromatic nitrogens is 3. The number of nitrogens with zero attached hydrogens (tertiary/aromatic N) is 3. The van der Waals surface area contributed by atoms with E-state index in [1.54, 1.807) is 6.33 Å². The summed E-state index contributed by atoms with van der Waals surface area (Å²) in [5.41, 5.74) is 2.01. The molecule has 0 saturated heterocycles. The molecule has 0 bridgehead atoms. The molecule has 130 valence electrons. The monoisotopic (exact) mass is 375 g/mol. The number of ether oxygens (including phenoxy) is 1. The quantitative estimate of drug-likeness (QED) is 0.610. The van der Waals surface area contributed by atoms with Crippen molar-refractivity contribution in [3.63, 3.8) is 0 Å². The zero-order chi connectivity index (χ0) is 17.5. The van der Waals surface area contributed by atoms with E-state index in [0.29, 0.717) is 17.4 Å². The molecule has 0 amide bonds. The summed E-state index contributed by atoms with van der Waals surface area (Å²) in [5, 5.41) is 19.6. The number of aliphatic hydroxyl groups is 1. The lowest BCUT2D eigenvalue weighted by Gasteiger charge is -2.11. The van der Waals surface area contributed by atoms with Gasteiger partial charge in [0.25, 0.3) is 0 Å². The zero-order valence-electron chi connectivity index (χ0n) is 13.5. The van der Waals surface area contributed by atoms with E-state index in [4.69, 9.17) is 16.3 Å². The molecule has 2 aromatic carbocycles. The number of para-hydroxylation sites is 1. The molecule has 1 heterocycles. The molecule has 0 aliphatic heterocycles.